The monoisotopic (exact) mass is 336 g/mol. The third-order valence-corrected chi connectivity index (χ3v) is 4.60. The molecule has 1 aliphatic rings. The number of para-hydroxylation sites is 1. The third-order valence-electron chi connectivity index (χ3n) is 4.60. The van der Waals surface area contributed by atoms with Gasteiger partial charge in [0.05, 0.1) is 18.7 Å². The van der Waals surface area contributed by atoms with E-state index in [-0.39, 0.29) is 18.5 Å². The average molecular weight is 336 g/mol. The van der Waals surface area contributed by atoms with Gasteiger partial charge < -0.3 is 10.1 Å². The number of nitrogens with zero attached hydrogens (tertiary/aromatic N) is 3. The molecular formula is C19H20N4O2. The molecule has 1 fully saturated rings. The number of carbonyl (C=O) groups is 1. The summed E-state index contributed by atoms with van der Waals surface area (Å²) < 4.78 is 6.85. The molecular weight excluding hydrogens is 316 g/mol. The van der Waals surface area contributed by atoms with Crippen molar-refractivity contribution in [2.75, 3.05) is 7.11 Å². The molecule has 0 aliphatic heterocycles. The van der Waals surface area contributed by atoms with Crippen LogP contribution in [0.3, 0.4) is 0 Å². The molecule has 3 aromatic rings. The van der Waals surface area contributed by atoms with Crippen LogP contribution in [0.15, 0.2) is 48.5 Å². The molecule has 0 radical (unpaired) electrons. The first kappa shape index (κ1) is 15.6. The molecule has 128 valence electrons. The predicted molar refractivity (Wildman–Crippen MR) is 94.1 cm³/mol. The molecule has 4 rings (SSSR count). The van der Waals surface area contributed by atoms with Crippen molar-refractivity contribution in [3.8, 4) is 5.75 Å². The maximum absolute atomic E-state index is 12.6. The predicted octanol–water partition coefficient (Wildman–Crippen LogP) is 2.71. The number of methoxy groups -OCH3 is 1. The second-order valence-corrected chi connectivity index (χ2v) is 6.39. The summed E-state index contributed by atoms with van der Waals surface area (Å²) >= 11 is 0. The number of amides is 1. The molecule has 0 spiro atoms. The van der Waals surface area contributed by atoms with E-state index in [0.717, 1.165) is 35.2 Å². The van der Waals surface area contributed by atoms with Crippen LogP contribution in [-0.4, -0.2) is 28.0 Å². The van der Waals surface area contributed by atoms with Crippen LogP contribution in [0.1, 0.15) is 24.4 Å². The van der Waals surface area contributed by atoms with Gasteiger partial charge in [-0.2, -0.15) is 0 Å². The Kier molecular flexibility index (Phi) is 4.09. The van der Waals surface area contributed by atoms with Gasteiger partial charge in [-0.05, 0) is 48.6 Å². The fourth-order valence-electron chi connectivity index (χ4n) is 3.10. The summed E-state index contributed by atoms with van der Waals surface area (Å²) in [6.07, 6.45) is 2.28. The summed E-state index contributed by atoms with van der Waals surface area (Å²) in [6, 6.07) is 15.6. The first-order chi connectivity index (χ1) is 12.2. The zero-order valence-electron chi connectivity index (χ0n) is 14.1. The summed E-state index contributed by atoms with van der Waals surface area (Å²) in [6.45, 7) is 0.167. The fraction of sp³-hybridized carbons (Fsp3) is 0.316. The largest absolute Gasteiger partial charge is 0.497 e. The number of hydrogen-bond donors (Lipinski definition) is 1. The van der Waals surface area contributed by atoms with Crippen molar-refractivity contribution in [2.45, 2.75) is 25.4 Å². The van der Waals surface area contributed by atoms with Crippen molar-refractivity contribution < 1.29 is 9.53 Å². The van der Waals surface area contributed by atoms with Gasteiger partial charge in [-0.25, -0.2) is 4.68 Å². The molecule has 1 atom stereocenters. The zero-order valence-corrected chi connectivity index (χ0v) is 14.1. The van der Waals surface area contributed by atoms with Crippen molar-refractivity contribution in [1.29, 1.82) is 0 Å². The number of benzene rings is 2. The van der Waals surface area contributed by atoms with Crippen LogP contribution in [-0.2, 0) is 11.3 Å². The van der Waals surface area contributed by atoms with E-state index < -0.39 is 0 Å². The minimum Gasteiger partial charge on any atom is -0.497 e. The van der Waals surface area contributed by atoms with Crippen molar-refractivity contribution in [2.24, 2.45) is 5.92 Å². The lowest BCUT2D eigenvalue weighted by molar-refractivity contribution is -0.122. The van der Waals surface area contributed by atoms with Gasteiger partial charge in [0, 0.05) is 0 Å². The summed E-state index contributed by atoms with van der Waals surface area (Å²) in [5, 5.41) is 11.3. The second kappa shape index (κ2) is 6.55. The molecule has 0 bridgehead atoms. The lowest BCUT2D eigenvalue weighted by Gasteiger charge is -2.19. The highest BCUT2D eigenvalue weighted by atomic mass is 16.5. The molecule has 1 amide bonds. The van der Waals surface area contributed by atoms with E-state index in [1.165, 1.54) is 0 Å². The van der Waals surface area contributed by atoms with Gasteiger partial charge in [0.25, 0.3) is 0 Å². The molecule has 25 heavy (non-hydrogen) atoms. The number of hydrogen-bond acceptors (Lipinski definition) is 4. The Morgan fingerprint density at radius 2 is 2.00 bits per heavy atom. The molecule has 6 heteroatoms. The Bertz CT molecular complexity index is 884. The van der Waals surface area contributed by atoms with Gasteiger partial charge in [-0.15, -0.1) is 5.10 Å². The molecule has 0 saturated heterocycles. The van der Waals surface area contributed by atoms with Crippen LogP contribution in [0.4, 0.5) is 0 Å². The van der Waals surface area contributed by atoms with Gasteiger partial charge in [0.2, 0.25) is 5.91 Å². The van der Waals surface area contributed by atoms with E-state index in [1.807, 2.05) is 48.5 Å². The summed E-state index contributed by atoms with van der Waals surface area (Å²) in [7, 11) is 1.65. The topological polar surface area (TPSA) is 69.0 Å². The number of carbonyl (C=O) groups excluding carboxylic acids is 1. The minimum atomic E-state index is -0.0524. The Hall–Kier alpha value is -2.89. The zero-order chi connectivity index (χ0) is 17.2. The molecule has 1 aliphatic carbocycles. The first-order valence-corrected chi connectivity index (χ1v) is 8.46. The van der Waals surface area contributed by atoms with Crippen LogP contribution in [0, 0.1) is 5.92 Å². The Morgan fingerprint density at radius 3 is 2.72 bits per heavy atom. The van der Waals surface area contributed by atoms with E-state index in [2.05, 4.69) is 15.6 Å². The van der Waals surface area contributed by atoms with Crippen molar-refractivity contribution in [3.05, 3.63) is 54.1 Å². The quantitative estimate of drug-likeness (QED) is 0.751. The third kappa shape index (κ3) is 3.33. The Balaban J connectivity index is 1.49. The first-order valence-electron chi connectivity index (χ1n) is 8.46. The molecule has 2 aromatic carbocycles. The lowest BCUT2D eigenvalue weighted by Crippen LogP contribution is -2.33. The standard InChI is InChI=1S/C19H20N4O2/c1-25-15-10-8-14(9-11-15)19(13-6-7-13)20-18(24)12-23-17-5-3-2-4-16(17)21-22-23/h2-5,8-11,13,19H,6-7,12H2,1H3,(H,20,24)/t19-/m0/s1. The highest BCUT2D eigenvalue weighted by molar-refractivity contribution is 5.80. The van der Waals surface area contributed by atoms with E-state index in [0.29, 0.717) is 5.92 Å². The summed E-state index contributed by atoms with van der Waals surface area (Å²) in [5.41, 5.74) is 2.77. The van der Waals surface area contributed by atoms with Gasteiger partial charge in [0.15, 0.2) is 0 Å². The van der Waals surface area contributed by atoms with E-state index in [1.54, 1.807) is 11.8 Å². The number of ether oxygens (including phenoxy) is 1. The van der Waals surface area contributed by atoms with E-state index in [4.69, 9.17) is 4.74 Å². The number of nitrogens with one attached hydrogen (secondary N) is 1. The minimum absolute atomic E-state index is 0.0354. The molecule has 1 aromatic heterocycles. The molecule has 1 saturated carbocycles. The summed E-state index contributed by atoms with van der Waals surface area (Å²) in [5.74, 6) is 1.27. The van der Waals surface area contributed by atoms with E-state index >= 15 is 0 Å². The lowest BCUT2D eigenvalue weighted by atomic mass is 10.0. The molecule has 0 unspecified atom stereocenters. The second-order valence-electron chi connectivity index (χ2n) is 6.39. The number of rotatable bonds is 6. The van der Waals surface area contributed by atoms with Crippen molar-refractivity contribution in [1.82, 2.24) is 20.3 Å². The Labute approximate surface area is 145 Å². The molecule has 6 nitrogen and oxygen atoms in total. The highest BCUT2D eigenvalue weighted by Gasteiger charge is 2.33. The normalized spacial score (nSPS) is 15.1. The van der Waals surface area contributed by atoms with Gasteiger partial charge in [-0.3, -0.25) is 4.79 Å². The van der Waals surface area contributed by atoms with Crippen LogP contribution >= 0.6 is 0 Å². The van der Waals surface area contributed by atoms with Crippen molar-refractivity contribution in [3.63, 3.8) is 0 Å². The highest BCUT2D eigenvalue weighted by Crippen LogP contribution is 2.41. The van der Waals surface area contributed by atoms with Crippen molar-refractivity contribution >= 4 is 16.9 Å². The van der Waals surface area contributed by atoms with Crippen LogP contribution in [0.2, 0.25) is 0 Å². The maximum Gasteiger partial charge on any atom is 0.242 e. The fourth-order valence-corrected chi connectivity index (χ4v) is 3.10. The van der Waals surface area contributed by atoms with Gasteiger partial charge in [-0.1, -0.05) is 29.5 Å². The maximum atomic E-state index is 12.6. The average Bonchev–Trinajstić information content (AvgIpc) is 3.42. The smallest absolute Gasteiger partial charge is 0.242 e. The van der Waals surface area contributed by atoms with Gasteiger partial charge in [0.1, 0.15) is 17.8 Å². The number of fused-ring (bicyclic) bond motifs is 1. The van der Waals surface area contributed by atoms with Crippen LogP contribution in [0.5, 0.6) is 5.75 Å². The molecule has 1 N–H and O–H groups in total. The van der Waals surface area contributed by atoms with Gasteiger partial charge >= 0.3 is 0 Å². The van der Waals surface area contributed by atoms with E-state index in [9.17, 15) is 4.79 Å². The Morgan fingerprint density at radius 1 is 1.24 bits per heavy atom. The summed E-state index contributed by atoms with van der Waals surface area (Å²) in [4.78, 5) is 12.6. The SMILES string of the molecule is COc1ccc([C@@H](NC(=O)Cn2nnc3ccccc32)C2CC2)cc1. The van der Waals surface area contributed by atoms with Crippen LogP contribution in [0.25, 0.3) is 11.0 Å². The number of aromatic nitrogens is 3. The molecule has 1 heterocycles. The van der Waals surface area contributed by atoms with Crippen LogP contribution < -0.4 is 10.1 Å².